The monoisotopic (exact) mass is 394 g/mol. The molecule has 148 valence electrons. The highest BCUT2D eigenvalue weighted by Gasteiger charge is 2.58. The van der Waals surface area contributed by atoms with Crippen molar-refractivity contribution in [1.82, 2.24) is 9.97 Å². The Morgan fingerprint density at radius 2 is 1.67 bits per heavy atom. The number of hydrogen-bond acceptors (Lipinski definition) is 2. The minimum atomic E-state index is -5.59. The normalized spacial score (nSPS) is 11.6. The highest BCUT2D eigenvalue weighted by Crippen LogP contribution is 2.43. The number of pyridine rings is 2. The Labute approximate surface area is 151 Å². The van der Waals surface area contributed by atoms with Gasteiger partial charge in [0, 0.05) is 17.5 Å². The minimum absolute atomic E-state index is 0.0255. The van der Waals surface area contributed by atoms with Crippen LogP contribution in [0.3, 0.4) is 0 Å². The van der Waals surface area contributed by atoms with Crippen molar-refractivity contribution in [3.63, 3.8) is 0 Å². The Hall–Kier alpha value is -2.45. The van der Waals surface area contributed by atoms with Gasteiger partial charge < -0.3 is 0 Å². The van der Waals surface area contributed by atoms with E-state index in [-0.39, 0.29) is 5.69 Å². The smallest absolute Gasteiger partial charge is 0.261 e. The van der Waals surface area contributed by atoms with Crippen molar-refractivity contribution in [1.29, 1.82) is 0 Å². The lowest BCUT2D eigenvalue weighted by atomic mass is 10.1. The first-order valence-corrected chi connectivity index (χ1v) is 7.69. The van der Waals surface area contributed by atoms with Gasteiger partial charge in [-0.2, -0.15) is 26.3 Å². The van der Waals surface area contributed by atoms with Crippen LogP contribution < -0.4 is 0 Å². The van der Waals surface area contributed by atoms with Crippen LogP contribution in [0.25, 0.3) is 5.57 Å². The number of aryl methyl sites for hydroxylation is 2. The predicted octanol–water partition coefficient (Wildman–Crippen LogP) is 6.14. The molecular weight excluding hydrogens is 377 g/mol. The van der Waals surface area contributed by atoms with Gasteiger partial charge in [-0.25, -0.2) is 9.37 Å². The van der Waals surface area contributed by atoms with Crippen molar-refractivity contribution in [3.8, 4) is 0 Å². The second-order valence-electron chi connectivity index (χ2n) is 5.62. The van der Waals surface area contributed by atoms with Gasteiger partial charge in [0.05, 0.1) is 0 Å². The molecule has 0 atom stereocenters. The number of halogens is 7. The topological polar surface area (TPSA) is 25.8 Å². The van der Waals surface area contributed by atoms with Gasteiger partial charge in [0.15, 0.2) is 0 Å². The molecule has 0 saturated heterocycles. The first-order chi connectivity index (χ1) is 12.3. The molecule has 2 aromatic rings. The number of hydrogen-bond donors (Lipinski definition) is 0. The van der Waals surface area contributed by atoms with Crippen LogP contribution in [0.15, 0.2) is 31.0 Å². The first kappa shape index (κ1) is 22.6. The molecule has 0 amide bonds. The standard InChI is InChI=1S/C9H8F5N.C9H9F2N/c1-5-3-7(4-15-6(5)2)8(10,11)9(12,13)14;1-3-6(2)9-7(10)4-5-8(11)12-9/h3-4H,1-2H3;4-5H,2-3H2,1H3. The fourth-order valence-electron chi connectivity index (χ4n) is 1.81. The van der Waals surface area contributed by atoms with Gasteiger partial charge in [0.2, 0.25) is 5.95 Å². The highest BCUT2D eigenvalue weighted by molar-refractivity contribution is 5.59. The molecule has 0 spiro atoms. The zero-order valence-corrected chi connectivity index (χ0v) is 14.8. The van der Waals surface area contributed by atoms with Gasteiger partial charge in [-0.3, -0.25) is 4.98 Å². The summed E-state index contributed by atoms with van der Waals surface area (Å²) in [6.07, 6.45) is -4.47. The number of aromatic nitrogens is 2. The SMILES string of the molecule is C=C(CC)c1nc(F)ccc1F.Cc1cc(C(F)(F)C(F)(F)F)cnc1C. The van der Waals surface area contributed by atoms with Crippen molar-refractivity contribution in [2.75, 3.05) is 0 Å². The summed E-state index contributed by atoms with van der Waals surface area (Å²) < 4.78 is 87.0. The lowest BCUT2D eigenvalue weighted by molar-refractivity contribution is -0.289. The summed E-state index contributed by atoms with van der Waals surface area (Å²) in [4.78, 5) is 6.88. The fourth-order valence-corrected chi connectivity index (χ4v) is 1.81. The molecule has 0 fully saturated rings. The van der Waals surface area contributed by atoms with E-state index in [4.69, 9.17) is 0 Å². The second kappa shape index (κ2) is 8.49. The Balaban J connectivity index is 0.000000277. The van der Waals surface area contributed by atoms with Crippen molar-refractivity contribution < 1.29 is 30.7 Å². The average Bonchev–Trinajstić information content (AvgIpc) is 2.58. The van der Waals surface area contributed by atoms with Gasteiger partial charge in [-0.1, -0.05) is 13.5 Å². The van der Waals surface area contributed by atoms with Gasteiger partial charge in [0.1, 0.15) is 11.5 Å². The summed E-state index contributed by atoms with van der Waals surface area (Å²) in [6.45, 7) is 8.35. The summed E-state index contributed by atoms with van der Waals surface area (Å²) in [7, 11) is 0. The van der Waals surface area contributed by atoms with Crippen molar-refractivity contribution in [2.24, 2.45) is 0 Å². The number of nitrogens with zero attached hydrogens (tertiary/aromatic N) is 2. The molecular formula is C18H17F7N2. The molecule has 0 bridgehead atoms. The average molecular weight is 394 g/mol. The quantitative estimate of drug-likeness (QED) is 0.462. The van der Waals surface area contributed by atoms with E-state index < -0.39 is 29.4 Å². The van der Waals surface area contributed by atoms with Crippen LogP contribution in [0.4, 0.5) is 30.7 Å². The van der Waals surface area contributed by atoms with Crippen molar-refractivity contribution in [2.45, 2.75) is 39.3 Å². The molecule has 0 aliphatic heterocycles. The maximum atomic E-state index is 12.9. The highest BCUT2D eigenvalue weighted by atomic mass is 19.4. The molecule has 9 heteroatoms. The summed E-state index contributed by atoms with van der Waals surface area (Å²) in [5, 5.41) is 0. The van der Waals surface area contributed by atoms with E-state index in [1.165, 1.54) is 13.8 Å². The van der Waals surface area contributed by atoms with Crippen LogP contribution in [0.2, 0.25) is 0 Å². The number of allylic oxidation sites excluding steroid dienone is 1. The Kier molecular flexibility index (Phi) is 7.11. The van der Waals surface area contributed by atoms with Crippen LogP contribution in [0, 0.1) is 25.6 Å². The van der Waals surface area contributed by atoms with Crippen LogP contribution in [0.5, 0.6) is 0 Å². The Bertz CT molecular complexity index is 814. The molecule has 27 heavy (non-hydrogen) atoms. The summed E-state index contributed by atoms with van der Waals surface area (Å²) in [5.74, 6) is -6.05. The zero-order chi connectivity index (χ0) is 21.0. The van der Waals surface area contributed by atoms with Gasteiger partial charge >= 0.3 is 12.1 Å². The van der Waals surface area contributed by atoms with Crippen LogP contribution >= 0.6 is 0 Å². The van der Waals surface area contributed by atoms with E-state index in [0.29, 0.717) is 29.4 Å². The van der Waals surface area contributed by atoms with E-state index in [1.807, 2.05) is 6.92 Å². The number of rotatable bonds is 3. The molecule has 2 nitrogen and oxygen atoms in total. The molecule has 2 rings (SSSR count). The minimum Gasteiger partial charge on any atom is -0.261 e. The van der Waals surface area contributed by atoms with E-state index in [2.05, 4.69) is 16.5 Å². The lowest BCUT2D eigenvalue weighted by Gasteiger charge is -2.20. The Morgan fingerprint density at radius 3 is 2.15 bits per heavy atom. The largest absolute Gasteiger partial charge is 0.458 e. The third kappa shape index (κ3) is 5.51. The zero-order valence-electron chi connectivity index (χ0n) is 14.8. The van der Waals surface area contributed by atoms with E-state index >= 15 is 0 Å². The van der Waals surface area contributed by atoms with Gasteiger partial charge in [-0.15, -0.1) is 0 Å². The maximum absolute atomic E-state index is 12.9. The predicted molar refractivity (Wildman–Crippen MR) is 87.1 cm³/mol. The third-order valence-electron chi connectivity index (χ3n) is 3.63. The van der Waals surface area contributed by atoms with Crippen LogP contribution in [-0.2, 0) is 5.92 Å². The molecule has 2 aromatic heterocycles. The molecule has 0 unspecified atom stereocenters. The third-order valence-corrected chi connectivity index (χ3v) is 3.63. The van der Waals surface area contributed by atoms with Crippen LogP contribution in [0.1, 0.15) is 35.9 Å². The molecule has 2 heterocycles. The number of alkyl halides is 5. The Morgan fingerprint density at radius 1 is 1.07 bits per heavy atom. The summed E-state index contributed by atoms with van der Waals surface area (Å²) >= 11 is 0. The van der Waals surface area contributed by atoms with Gasteiger partial charge in [-0.05, 0) is 49.6 Å². The van der Waals surface area contributed by atoms with E-state index in [9.17, 15) is 30.7 Å². The molecule has 0 N–H and O–H groups in total. The molecule has 0 saturated carbocycles. The van der Waals surface area contributed by atoms with Crippen LogP contribution in [-0.4, -0.2) is 16.1 Å². The van der Waals surface area contributed by atoms with E-state index in [1.54, 1.807) is 0 Å². The maximum Gasteiger partial charge on any atom is 0.458 e. The van der Waals surface area contributed by atoms with E-state index in [0.717, 1.165) is 18.2 Å². The summed E-state index contributed by atoms with van der Waals surface area (Å²) in [5.41, 5.74) is 0.135. The first-order valence-electron chi connectivity index (χ1n) is 7.69. The fraction of sp³-hybridized carbons (Fsp3) is 0.333. The molecule has 0 radical (unpaired) electrons. The van der Waals surface area contributed by atoms with Crippen molar-refractivity contribution in [3.05, 3.63) is 65.3 Å². The summed E-state index contributed by atoms with van der Waals surface area (Å²) in [6, 6.07) is 2.84. The molecule has 0 aliphatic carbocycles. The lowest BCUT2D eigenvalue weighted by Crippen LogP contribution is -2.33. The second-order valence-corrected chi connectivity index (χ2v) is 5.62. The van der Waals surface area contributed by atoms with Crippen molar-refractivity contribution >= 4 is 5.57 Å². The molecule has 0 aliphatic rings. The molecule has 0 aromatic carbocycles. The van der Waals surface area contributed by atoms with Gasteiger partial charge in [0.25, 0.3) is 0 Å².